The van der Waals surface area contributed by atoms with Gasteiger partial charge in [0.1, 0.15) is 0 Å². The van der Waals surface area contributed by atoms with E-state index in [4.69, 9.17) is 0 Å². The van der Waals surface area contributed by atoms with E-state index in [9.17, 15) is 4.79 Å². The molecule has 1 amide bonds. The average molecular weight is 205 g/mol. The van der Waals surface area contributed by atoms with Crippen molar-refractivity contribution < 1.29 is 4.79 Å². The predicted molar refractivity (Wildman–Crippen MR) is 57.1 cm³/mol. The summed E-state index contributed by atoms with van der Waals surface area (Å²) in [5.74, 6) is 4.50. The molecule has 0 N–H and O–H groups in total. The monoisotopic (exact) mass is 205 g/mol. The van der Waals surface area contributed by atoms with Crippen LogP contribution in [0.25, 0.3) is 0 Å². The molecule has 1 aliphatic heterocycles. The number of nitrogens with zero attached hydrogens (tertiary/aromatic N) is 1. The summed E-state index contributed by atoms with van der Waals surface area (Å²) in [6, 6.07) is 0.654. The zero-order valence-electron chi connectivity index (χ0n) is 9.36. The number of carbonyl (C=O) groups excluding carboxylic acids is 1. The van der Waals surface area contributed by atoms with E-state index in [0.717, 1.165) is 23.7 Å². The van der Waals surface area contributed by atoms with Crippen LogP contribution in [0.4, 0.5) is 0 Å². The van der Waals surface area contributed by atoms with Gasteiger partial charge in [-0.05, 0) is 42.9 Å². The minimum absolute atomic E-state index is 0.455. The average Bonchev–Trinajstić information content (AvgIpc) is 2.81. The molecule has 0 aromatic rings. The SMILES string of the molecule is CN1C(=O)C2C3CC(C4CCCCC43)C21. The molecular formula is C13H19NO. The third-order valence-corrected chi connectivity index (χ3v) is 5.87. The Morgan fingerprint density at radius 3 is 2.47 bits per heavy atom. The van der Waals surface area contributed by atoms with Crippen LogP contribution in [0.3, 0.4) is 0 Å². The van der Waals surface area contributed by atoms with Crippen LogP contribution in [0.15, 0.2) is 0 Å². The highest BCUT2D eigenvalue weighted by Crippen LogP contribution is 2.64. The van der Waals surface area contributed by atoms with Crippen molar-refractivity contribution in [2.75, 3.05) is 7.05 Å². The van der Waals surface area contributed by atoms with E-state index in [1.54, 1.807) is 0 Å². The molecule has 2 nitrogen and oxygen atoms in total. The smallest absolute Gasteiger partial charge is 0.228 e. The molecule has 4 fully saturated rings. The molecule has 4 aliphatic rings. The van der Waals surface area contributed by atoms with Crippen LogP contribution < -0.4 is 0 Å². The van der Waals surface area contributed by atoms with E-state index in [2.05, 4.69) is 0 Å². The standard InChI is InChI=1S/C13H19NO/c1-14-12-10-6-9(11(12)13(14)15)7-4-2-3-5-8(7)10/h7-12H,2-6H2,1H3. The second-order valence-corrected chi connectivity index (χ2v) is 6.14. The Hall–Kier alpha value is -0.530. The second-order valence-electron chi connectivity index (χ2n) is 6.14. The van der Waals surface area contributed by atoms with Gasteiger partial charge in [-0.3, -0.25) is 4.79 Å². The Labute approximate surface area is 91.0 Å². The number of likely N-dealkylation sites (tertiary alicyclic amines) is 1. The van der Waals surface area contributed by atoms with Crippen molar-refractivity contribution in [3.63, 3.8) is 0 Å². The molecule has 1 heterocycles. The fraction of sp³-hybridized carbons (Fsp3) is 0.923. The molecule has 3 saturated carbocycles. The Kier molecular flexibility index (Phi) is 1.48. The number of rotatable bonds is 0. The molecule has 82 valence electrons. The minimum Gasteiger partial charge on any atom is -0.341 e. The van der Waals surface area contributed by atoms with Gasteiger partial charge in [-0.25, -0.2) is 0 Å². The van der Waals surface area contributed by atoms with E-state index in [1.807, 2.05) is 11.9 Å². The zero-order valence-corrected chi connectivity index (χ0v) is 9.36. The summed E-state index contributed by atoms with van der Waals surface area (Å²) in [5, 5.41) is 0. The van der Waals surface area contributed by atoms with Crippen LogP contribution in [0.1, 0.15) is 32.1 Å². The number of β-lactam (4-membered cyclic amide) rings is 1. The fourth-order valence-corrected chi connectivity index (χ4v) is 5.40. The van der Waals surface area contributed by atoms with E-state index in [-0.39, 0.29) is 0 Å². The molecule has 2 bridgehead atoms. The summed E-state index contributed by atoms with van der Waals surface area (Å²) >= 11 is 0. The maximum atomic E-state index is 11.8. The van der Waals surface area contributed by atoms with Crippen LogP contribution in [-0.4, -0.2) is 23.9 Å². The summed E-state index contributed by atoms with van der Waals surface area (Å²) in [6.45, 7) is 0. The van der Waals surface area contributed by atoms with Crippen LogP contribution in [-0.2, 0) is 4.79 Å². The molecule has 0 aromatic heterocycles. The fourth-order valence-electron chi connectivity index (χ4n) is 5.40. The maximum absolute atomic E-state index is 11.8. The normalized spacial score (nSPS) is 56.3. The zero-order chi connectivity index (χ0) is 10.2. The molecular weight excluding hydrogens is 186 g/mol. The van der Waals surface area contributed by atoms with E-state index in [1.165, 1.54) is 32.1 Å². The molecule has 1 saturated heterocycles. The molecule has 4 rings (SSSR count). The van der Waals surface area contributed by atoms with Crippen molar-refractivity contribution in [2.45, 2.75) is 38.1 Å². The van der Waals surface area contributed by atoms with Crippen LogP contribution in [0.2, 0.25) is 0 Å². The number of hydrogen-bond donors (Lipinski definition) is 0. The van der Waals surface area contributed by atoms with Gasteiger partial charge in [0, 0.05) is 13.1 Å². The van der Waals surface area contributed by atoms with Gasteiger partial charge in [-0.1, -0.05) is 12.8 Å². The highest BCUT2D eigenvalue weighted by molar-refractivity contribution is 5.87. The third-order valence-electron chi connectivity index (χ3n) is 5.87. The maximum Gasteiger partial charge on any atom is 0.228 e. The summed E-state index contributed by atoms with van der Waals surface area (Å²) in [4.78, 5) is 13.9. The summed E-state index contributed by atoms with van der Waals surface area (Å²) in [5.41, 5.74) is 0. The summed E-state index contributed by atoms with van der Waals surface area (Å²) < 4.78 is 0. The first-order chi connectivity index (χ1) is 7.29. The first-order valence-corrected chi connectivity index (χ1v) is 6.55. The van der Waals surface area contributed by atoms with Crippen LogP contribution >= 0.6 is 0 Å². The second kappa shape index (κ2) is 2.58. The lowest BCUT2D eigenvalue weighted by molar-refractivity contribution is -0.163. The van der Waals surface area contributed by atoms with Gasteiger partial charge in [0.15, 0.2) is 0 Å². The molecule has 3 aliphatic carbocycles. The van der Waals surface area contributed by atoms with Gasteiger partial charge in [0.05, 0.1) is 5.92 Å². The lowest BCUT2D eigenvalue weighted by atomic mass is 9.62. The molecule has 2 heteroatoms. The van der Waals surface area contributed by atoms with Crippen molar-refractivity contribution in [2.24, 2.45) is 29.6 Å². The number of fused-ring (bicyclic) bond motifs is 8. The molecule has 0 aromatic carbocycles. The molecule has 0 radical (unpaired) electrons. The van der Waals surface area contributed by atoms with Crippen molar-refractivity contribution in [3.05, 3.63) is 0 Å². The minimum atomic E-state index is 0.455. The molecule has 6 atom stereocenters. The van der Waals surface area contributed by atoms with Gasteiger partial charge in [-0.2, -0.15) is 0 Å². The van der Waals surface area contributed by atoms with Crippen LogP contribution in [0.5, 0.6) is 0 Å². The van der Waals surface area contributed by atoms with Gasteiger partial charge >= 0.3 is 0 Å². The lowest BCUT2D eigenvalue weighted by Gasteiger charge is -2.53. The summed E-state index contributed by atoms with van der Waals surface area (Å²) in [6.07, 6.45) is 7.12. The summed E-state index contributed by atoms with van der Waals surface area (Å²) in [7, 11) is 2.02. The first kappa shape index (κ1) is 8.60. The van der Waals surface area contributed by atoms with E-state index < -0.39 is 0 Å². The number of hydrogen-bond acceptors (Lipinski definition) is 1. The quantitative estimate of drug-likeness (QED) is 0.553. The number of amides is 1. The van der Waals surface area contributed by atoms with Gasteiger partial charge in [0.2, 0.25) is 5.91 Å². The van der Waals surface area contributed by atoms with Crippen molar-refractivity contribution in [1.82, 2.24) is 4.90 Å². The Morgan fingerprint density at radius 2 is 1.73 bits per heavy atom. The highest BCUT2D eigenvalue weighted by atomic mass is 16.2. The highest BCUT2D eigenvalue weighted by Gasteiger charge is 2.66. The van der Waals surface area contributed by atoms with E-state index in [0.29, 0.717) is 17.9 Å². The molecule has 6 unspecified atom stereocenters. The van der Waals surface area contributed by atoms with Crippen molar-refractivity contribution >= 4 is 5.91 Å². The van der Waals surface area contributed by atoms with Crippen molar-refractivity contribution in [3.8, 4) is 0 Å². The Morgan fingerprint density at radius 1 is 1.07 bits per heavy atom. The topological polar surface area (TPSA) is 20.3 Å². The van der Waals surface area contributed by atoms with Gasteiger partial charge in [-0.15, -0.1) is 0 Å². The Bertz CT molecular complexity index is 326. The van der Waals surface area contributed by atoms with Gasteiger partial charge < -0.3 is 4.90 Å². The van der Waals surface area contributed by atoms with E-state index >= 15 is 0 Å². The third kappa shape index (κ3) is 0.821. The molecule has 15 heavy (non-hydrogen) atoms. The van der Waals surface area contributed by atoms with Gasteiger partial charge in [0.25, 0.3) is 0 Å². The van der Waals surface area contributed by atoms with Crippen LogP contribution in [0, 0.1) is 29.6 Å². The molecule has 0 spiro atoms. The first-order valence-electron chi connectivity index (χ1n) is 6.55. The number of carbonyl (C=O) groups is 1. The Balaban J connectivity index is 1.68. The lowest BCUT2D eigenvalue weighted by Crippen LogP contribution is -2.64. The largest absolute Gasteiger partial charge is 0.341 e. The predicted octanol–water partition coefficient (Wildman–Crippen LogP) is 1.90. The van der Waals surface area contributed by atoms with Crippen molar-refractivity contribution in [1.29, 1.82) is 0 Å².